The van der Waals surface area contributed by atoms with Gasteiger partial charge in [-0.25, -0.2) is 0 Å². The number of β-amino-alcohol motifs (C(OH)–C–C–N with tert-alkyl or cyclic N) is 1. The molecule has 6 nitrogen and oxygen atoms in total. The Morgan fingerprint density at radius 1 is 1.23 bits per heavy atom. The van der Waals surface area contributed by atoms with Gasteiger partial charge < -0.3 is 20.5 Å². The van der Waals surface area contributed by atoms with Gasteiger partial charge >= 0.3 is 0 Å². The van der Waals surface area contributed by atoms with Crippen LogP contribution in [0.3, 0.4) is 0 Å². The Morgan fingerprint density at radius 3 is 2.47 bits per heavy atom. The van der Waals surface area contributed by atoms with Crippen molar-refractivity contribution < 1.29 is 9.84 Å². The van der Waals surface area contributed by atoms with Crippen molar-refractivity contribution in [3.63, 3.8) is 0 Å². The van der Waals surface area contributed by atoms with Crippen LogP contribution in [0.5, 0.6) is 0 Å². The van der Waals surface area contributed by atoms with Crippen LogP contribution < -0.4 is 10.6 Å². The summed E-state index contributed by atoms with van der Waals surface area (Å²) in [5, 5.41) is 18.4. The molecule has 170 valence electrons. The molecule has 1 aliphatic carbocycles. The Morgan fingerprint density at radius 2 is 1.90 bits per heavy atom. The molecule has 1 atom stereocenters. The van der Waals surface area contributed by atoms with Gasteiger partial charge in [0.15, 0.2) is 5.96 Å². The van der Waals surface area contributed by atoms with Gasteiger partial charge in [-0.1, -0.05) is 30.2 Å². The van der Waals surface area contributed by atoms with Gasteiger partial charge in [-0.3, -0.25) is 9.89 Å². The predicted molar refractivity (Wildman–Crippen MR) is 134 cm³/mol. The first-order valence-corrected chi connectivity index (χ1v) is 11.1. The van der Waals surface area contributed by atoms with Crippen molar-refractivity contribution in [1.29, 1.82) is 0 Å². The molecule has 0 bridgehead atoms. The molecule has 1 saturated heterocycles. The lowest BCUT2D eigenvalue weighted by Crippen LogP contribution is -2.50. The van der Waals surface area contributed by atoms with Crippen LogP contribution in [0, 0.1) is 0 Å². The number of aliphatic imine (C=N–C) groups is 1. The molecule has 3 N–H and O–H groups in total. The van der Waals surface area contributed by atoms with Crippen LogP contribution in [0.25, 0.3) is 0 Å². The Hall–Kier alpha value is -0.610. The largest absolute Gasteiger partial charge is 0.387 e. The monoisotopic (exact) mass is 550 g/mol. The molecule has 0 aromatic heterocycles. The zero-order valence-electron chi connectivity index (χ0n) is 18.1. The van der Waals surface area contributed by atoms with E-state index in [0.29, 0.717) is 13.1 Å². The number of rotatable bonds is 8. The SMILES string of the molecule is CCNC(=NCC(C)(O)CN1CCOCC1)NCC1(c2ccc(Cl)cc2)CCC1.I. The fourth-order valence-corrected chi connectivity index (χ4v) is 4.24. The summed E-state index contributed by atoms with van der Waals surface area (Å²) in [4.78, 5) is 6.92. The second-order valence-corrected chi connectivity index (χ2v) is 9.01. The van der Waals surface area contributed by atoms with E-state index in [2.05, 4.69) is 39.6 Å². The van der Waals surface area contributed by atoms with E-state index in [1.807, 2.05) is 19.1 Å². The Kier molecular flexibility index (Phi) is 10.1. The van der Waals surface area contributed by atoms with Crippen LogP contribution in [0.1, 0.15) is 38.7 Å². The summed E-state index contributed by atoms with van der Waals surface area (Å²) in [5.74, 6) is 0.759. The van der Waals surface area contributed by atoms with Gasteiger partial charge in [0, 0.05) is 43.2 Å². The summed E-state index contributed by atoms with van der Waals surface area (Å²) in [6, 6.07) is 8.22. The number of hydrogen-bond acceptors (Lipinski definition) is 4. The van der Waals surface area contributed by atoms with Gasteiger partial charge in [-0.2, -0.15) is 0 Å². The summed E-state index contributed by atoms with van der Waals surface area (Å²) in [6.07, 6.45) is 3.57. The van der Waals surface area contributed by atoms with E-state index in [9.17, 15) is 5.11 Å². The van der Waals surface area contributed by atoms with E-state index in [4.69, 9.17) is 16.3 Å². The number of nitrogens with zero attached hydrogens (tertiary/aromatic N) is 2. The van der Waals surface area contributed by atoms with Crippen LogP contribution in [-0.2, 0) is 10.2 Å². The molecule has 1 aromatic carbocycles. The molecule has 30 heavy (non-hydrogen) atoms. The van der Waals surface area contributed by atoms with Crippen molar-refractivity contribution in [3.05, 3.63) is 34.9 Å². The topological polar surface area (TPSA) is 69.1 Å². The predicted octanol–water partition coefficient (Wildman–Crippen LogP) is 3.02. The number of morpholine rings is 1. The van der Waals surface area contributed by atoms with Crippen molar-refractivity contribution in [2.45, 2.75) is 44.1 Å². The summed E-state index contributed by atoms with van der Waals surface area (Å²) in [7, 11) is 0. The molecule has 1 aliphatic heterocycles. The van der Waals surface area contributed by atoms with Gasteiger partial charge in [0.05, 0.1) is 25.4 Å². The normalized spacial score (nSPS) is 21.1. The fourth-order valence-electron chi connectivity index (χ4n) is 4.11. The van der Waals surface area contributed by atoms with E-state index >= 15 is 0 Å². The maximum atomic E-state index is 10.8. The van der Waals surface area contributed by atoms with Crippen LogP contribution in [0.15, 0.2) is 29.3 Å². The maximum absolute atomic E-state index is 10.8. The molecular weight excluding hydrogens is 515 g/mol. The summed E-state index contributed by atoms with van der Waals surface area (Å²) >= 11 is 6.07. The van der Waals surface area contributed by atoms with Crippen LogP contribution in [-0.4, -0.2) is 74.0 Å². The van der Waals surface area contributed by atoms with Crippen molar-refractivity contribution >= 4 is 41.5 Å². The second-order valence-electron chi connectivity index (χ2n) is 8.57. The Bertz CT molecular complexity index is 674. The number of guanidine groups is 1. The minimum absolute atomic E-state index is 0. The molecule has 8 heteroatoms. The minimum Gasteiger partial charge on any atom is -0.387 e. The van der Waals surface area contributed by atoms with Gasteiger partial charge in [0.2, 0.25) is 0 Å². The van der Waals surface area contributed by atoms with Gasteiger partial charge in [0.25, 0.3) is 0 Å². The molecule has 3 rings (SSSR count). The smallest absolute Gasteiger partial charge is 0.191 e. The average Bonchev–Trinajstić information content (AvgIpc) is 2.67. The quantitative estimate of drug-likeness (QED) is 0.264. The Labute approximate surface area is 202 Å². The summed E-state index contributed by atoms with van der Waals surface area (Å²) in [6.45, 7) is 9.67. The third-order valence-electron chi connectivity index (χ3n) is 5.95. The van der Waals surface area contributed by atoms with E-state index < -0.39 is 5.60 Å². The third kappa shape index (κ3) is 7.22. The van der Waals surface area contributed by atoms with Crippen LogP contribution in [0.4, 0.5) is 0 Å². The fraction of sp³-hybridized carbons (Fsp3) is 0.682. The summed E-state index contributed by atoms with van der Waals surface area (Å²) in [5.41, 5.74) is 0.594. The molecular formula is C22H36ClIN4O2. The number of aliphatic hydroxyl groups is 1. The van der Waals surface area contributed by atoms with Crippen LogP contribution >= 0.6 is 35.6 Å². The van der Waals surface area contributed by atoms with Gasteiger partial charge in [0.1, 0.15) is 0 Å². The highest BCUT2D eigenvalue weighted by Crippen LogP contribution is 2.43. The molecule has 2 fully saturated rings. The first kappa shape index (κ1) is 25.6. The van der Waals surface area contributed by atoms with E-state index in [1.54, 1.807) is 0 Å². The molecule has 0 amide bonds. The number of benzene rings is 1. The molecule has 0 spiro atoms. The molecule has 1 saturated carbocycles. The molecule has 1 unspecified atom stereocenters. The third-order valence-corrected chi connectivity index (χ3v) is 6.20. The van der Waals surface area contributed by atoms with Gasteiger partial charge in [-0.15, -0.1) is 24.0 Å². The lowest BCUT2D eigenvalue weighted by atomic mass is 9.64. The highest BCUT2D eigenvalue weighted by Gasteiger charge is 2.38. The first-order chi connectivity index (χ1) is 13.9. The lowest BCUT2D eigenvalue weighted by molar-refractivity contribution is -0.0180. The number of hydrogen-bond donors (Lipinski definition) is 3. The number of nitrogens with one attached hydrogen (secondary N) is 2. The second kappa shape index (κ2) is 11.9. The van der Waals surface area contributed by atoms with Gasteiger partial charge in [-0.05, 0) is 44.4 Å². The van der Waals surface area contributed by atoms with Crippen molar-refractivity contribution in [2.75, 3.05) is 52.5 Å². The maximum Gasteiger partial charge on any atom is 0.191 e. The number of halogens is 2. The van der Waals surface area contributed by atoms with E-state index in [0.717, 1.165) is 63.2 Å². The van der Waals surface area contributed by atoms with E-state index in [-0.39, 0.29) is 29.4 Å². The molecule has 1 heterocycles. The zero-order chi connectivity index (χ0) is 20.7. The van der Waals surface area contributed by atoms with Crippen molar-refractivity contribution in [2.24, 2.45) is 4.99 Å². The number of ether oxygens (including phenoxy) is 1. The average molecular weight is 551 g/mol. The highest BCUT2D eigenvalue weighted by molar-refractivity contribution is 14.0. The summed E-state index contributed by atoms with van der Waals surface area (Å²) < 4.78 is 5.39. The van der Waals surface area contributed by atoms with Crippen LogP contribution in [0.2, 0.25) is 5.02 Å². The first-order valence-electron chi connectivity index (χ1n) is 10.7. The Balaban J connectivity index is 0.00000320. The molecule has 0 radical (unpaired) electrons. The molecule has 2 aliphatic rings. The molecule has 1 aromatic rings. The highest BCUT2D eigenvalue weighted by atomic mass is 127. The zero-order valence-corrected chi connectivity index (χ0v) is 21.2. The minimum atomic E-state index is -0.871. The lowest BCUT2D eigenvalue weighted by Gasteiger charge is -2.43. The van der Waals surface area contributed by atoms with E-state index in [1.165, 1.54) is 12.0 Å². The van der Waals surface area contributed by atoms with Crippen molar-refractivity contribution in [1.82, 2.24) is 15.5 Å². The standard InChI is InChI=1S/C22H35ClN4O2.HI/c1-3-24-20(25-15-21(2,28)17-27-11-13-29-14-12-27)26-16-22(9-4-10-22)18-5-7-19(23)8-6-18;/h5-8,28H,3-4,9-17H2,1-2H3,(H2,24,25,26);1H. The van der Waals surface area contributed by atoms with Crippen molar-refractivity contribution in [3.8, 4) is 0 Å².